The van der Waals surface area contributed by atoms with Gasteiger partial charge in [-0.1, -0.05) is 3.89 Å². The monoisotopic (exact) mass is 314 g/mol. The summed E-state index contributed by atoms with van der Waals surface area (Å²) in [6.07, 6.45) is 7.46. The molecule has 0 aromatic carbocycles. The van der Waals surface area contributed by atoms with Crippen LogP contribution < -0.4 is 4.18 Å². The largest absolute Gasteiger partial charge is 0.488 e. The number of likely N-dealkylation sites (tertiary alicyclic amines) is 1. The molecule has 1 aromatic heterocycles. The Morgan fingerprint density at radius 3 is 2.71 bits per heavy atom. The van der Waals surface area contributed by atoms with Crippen molar-refractivity contribution in [3.8, 4) is 5.75 Å². The van der Waals surface area contributed by atoms with E-state index in [1.165, 1.54) is 12.3 Å². The standard InChI is InChI=1S/C13H15FN2O4S/c14-21(18,19)20-11-7-10(8-15-9-11)12(17)16-6-2-1-3-13(16)4-5-13/h7-9H,1-6H2. The first-order valence-corrected chi connectivity index (χ1v) is 8.12. The van der Waals surface area contributed by atoms with Crippen LogP contribution in [0.5, 0.6) is 5.75 Å². The number of hydrogen-bond acceptors (Lipinski definition) is 5. The summed E-state index contributed by atoms with van der Waals surface area (Å²) in [4.78, 5) is 18.1. The van der Waals surface area contributed by atoms with Gasteiger partial charge in [0.05, 0.1) is 11.8 Å². The third-order valence-electron chi connectivity index (χ3n) is 4.07. The summed E-state index contributed by atoms with van der Waals surface area (Å²) in [6.45, 7) is 0.686. The minimum absolute atomic E-state index is 0.0294. The van der Waals surface area contributed by atoms with Gasteiger partial charge in [-0.05, 0) is 38.2 Å². The van der Waals surface area contributed by atoms with Crippen LogP contribution in [0.4, 0.5) is 3.89 Å². The van der Waals surface area contributed by atoms with Crippen molar-refractivity contribution >= 4 is 16.4 Å². The van der Waals surface area contributed by atoms with Crippen LogP contribution in [-0.4, -0.2) is 36.3 Å². The summed E-state index contributed by atoms with van der Waals surface area (Å²) in [5.41, 5.74) is 0.183. The lowest BCUT2D eigenvalue weighted by Gasteiger charge is -2.36. The fraction of sp³-hybridized carbons (Fsp3) is 0.538. The lowest BCUT2D eigenvalue weighted by molar-refractivity contribution is 0.0572. The first kappa shape index (κ1) is 14.2. The van der Waals surface area contributed by atoms with Gasteiger partial charge < -0.3 is 9.08 Å². The Kier molecular flexibility index (Phi) is 3.35. The van der Waals surface area contributed by atoms with Crippen molar-refractivity contribution < 1.29 is 21.3 Å². The lowest BCUT2D eigenvalue weighted by Crippen LogP contribution is -2.45. The van der Waals surface area contributed by atoms with Crippen molar-refractivity contribution in [1.82, 2.24) is 9.88 Å². The molecule has 2 fully saturated rings. The number of aromatic nitrogens is 1. The van der Waals surface area contributed by atoms with Gasteiger partial charge in [0.15, 0.2) is 5.75 Å². The van der Waals surface area contributed by atoms with Crippen molar-refractivity contribution in [2.45, 2.75) is 37.6 Å². The van der Waals surface area contributed by atoms with E-state index in [1.54, 1.807) is 0 Å². The molecule has 1 aromatic rings. The Labute approximate surface area is 122 Å². The molecule has 1 saturated carbocycles. The maximum Gasteiger partial charge on any atom is 0.488 e. The average Bonchev–Trinajstić information content (AvgIpc) is 3.17. The predicted molar refractivity (Wildman–Crippen MR) is 71.7 cm³/mol. The molecule has 0 unspecified atom stereocenters. The van der Waals surface area contributed by atoms with Crippen molar-refractivity contribution in [2.24, 2.45) is 0 Å². The quantitative estimate of drug-likeness (QED) is 0.796. The lowest BCUT2D eigenvalue weighted by atomic mass is 9.99. The van der Waals surface area contributed by atoms with E-state index in [2.05, 4.69) is 9.17 Å². The second-order valence-electron chi connectivity index (χ2n) is 5.52. The topological polar surface area (TPSA) is 76.6 Å². The second-order valence-corrected chi connectivity index (χ2v) is 6.48. The van der Waals surface area contributed by atoms with Crippen molar-refractivity contribution in [1.29, 1.82) is 0 Å². The van der Waals surface area contributed by atoms with Crippen molar-refractivity contribution in [3.05, 3.63) is 24.0 Å². The Morgan fingerprint density at radius 1 is 1.29 bits per heavy atom. The number of amides is 1. The van der Waals surface area contributed by atoms with E-state index < -0.39 is 10.5 Å². The average molecular weight is 314 g/mol. The zero-order valence-electron chi connectivity index (χ0n) is 11.3. The van der Waals surface area contributed by atoms with Crippen LogP contribution in [0.25, 0.3) is 0 Å². The number of halogens is 1. The molecule has 1 aliphatic carbocycles. The summed E-state index contributed by atoms with van der Waals surface area (Å²) < 4.78 is 37.6. The highest BCUT2D eigenvalue weighted by Gasteiger charge is 2.50. The normalized spacial score (nSPS) is 20.3. The van der Waals surface area contributed by atoms with Gasteiger partial charge in [0.1, 0.15) is 0 Å². The molecular formula is C13H15FN2O4S. The van der Waals surface area contributed by atoms with Crippen LogP contribution in [0.1, 0.15) is 42.5 Å². The third kappa shape index (κ3) is 2.99. The minimum atomic E-state index is -5.12. The fourth-order valence-electron chi connectivity index (χ4n) is 2.93. The maximum atomic E-state index is 12.6. The van der Waals surface area contributed by atoms with Crippen LogP contribution >= 0.6 is 0 Å². The SMILES string of the molecule is O=C(c1cncc(OS(=O)(=O)F)c1)N1CCCCC12CC2. The third-order valence-corrected chi connectivity index (χ3v) is 4.47. The zero-order valence-corrected chi connectivity index (χ0v) is 12.1. The summed E-state index contributed by atoms with van der Waals surface area (Å²) >= 11 is 0. The molecule has 6 nitrogen and oxygen atoms in total. The van der Waals surface area contributed by atoms with Crippen LogP contribution in [0.3, 0.4) is 0 Å². The number of hydrogen-bond donors (Lipinski definition) is 0. The van der Waals surface area contributed by atoms with Gasteiger partial charge in [-0.25, -0.2) is 0 Å². The van der Waals surface area contributed by atoms with Crippen LogP contribution in [-0.2, 0) is 10.5 Å². The van der Waals surface area contributed by atoms with E-state index in [-0.39, 0.29) is 22.8 Å². The van der Waals surface area contributed by atoms with E-state index >= 15 is 0 Å². The molecule has 0 bridgehead atoms. The number of carbonyl (C=O) groups excluding carboxylic acids is 1. The maximum absolute atomic E-state index is 12.6. The van der Waals surface area contributed by atoms with Gasteiger partial charge in [0.2, 0.25) is 0 Å². The molecule has 0 radical (unpaired) electrons. The smallest absolute Gasteiger partial charge is 0.357 e. The number of carbonyl (C=O) groups is 1. The Hall–Kier alpha value is -1.70. The molecule has 1 saturated heterocycles. The molecule has 2 aliphatic rings. The fourth-order valence-corrected chi connectivity index (χ4v) is 3.25. The van der Waals surface area contributed by atoms with E-state index in [9.17, 15) is 17.1 Å². The van der Waals surface area contributed by atoms with Crippen LogP contribution in [0.2, 0.25) is 0 Å². The Balaban J connectivity index is 1.83. The van der Waals surface area contributed by atoms with Gasteiger partial charge in [0, 0.05) is 18.3 Å². The molecule has 114 valence electrons. The van der Waals surface area contributed by atoms with Crippen molar-refractivity contribution in [3.63, 3.8) is 0 Å². The zero-order chi connectivity index (χ0) is 15.1. The van der Waals surface area contributed by atoms with Crippen LogP contribution in [0.15, 0.2) is 18.5 Å². The predicted octanol–water partition coefficient (Wildman–Crippen LogP) is 1.83. The number of rotatable bonds is 3. The van der Waals surface area contributed by atoms with E-state index in [0.717, 1.165) is 38.3 Å². The number of piperidine rings is 1. The minimum Gasteiger partial charge on any atom is -0.357 e. The van der Waals surface area contributed by atoms with Gasteiger partial charge in [-0.2, -0.15) is 8.42 Å². The summed E-state index contributed by atoms with van der Waals surface area (Å²) in [5.74, 6) is -0.508. The molecule has 1 amide bonds. The molecular weight excluding hydrogens is 299 g/mol. The highest BCUT2D eigenvalue weighted by atomic mass is 32.3. The first-order chi connectivity index (χ1) is 9.90. The first-order valence-electron chi connectivity index (χ1n) is 6.81. The van der Waals surface area contributed by atoms with E-state index in [0.29, 0.717) is 6.54 Å². The Bertz CT molecular complexity index is 673. The molecule has 1 spiro atoms. The van der Waals surface area contributed by atoms with Gasteiger partial charge >= 0.3 is 10.5 Å². The van der Waals surface area contributed by atoms with Gasteiger partial charge in [-0.15, -0.1) is 0 Å². The van der Waals surface area contributed by atoms with E-state index in [1.807, 2.05) is 4.90 Å². The summed E-state index contributed by atoms with van der Waals surface area (Å²) in [5, 5.41) is 0. The molecule has 1 aliphatic heterocycles. The van der Waals surface area contributed by atoms with Crippen LogP contribution in [0, 0.1) is 0 Å². The molecule has 3 rings (SSSR count). The summed E-state index contributed by atoms with van der Waals surface area (Å²) in [6, 6.07) is 1.21. The van der Waals surface area contributed by atoms with Crippen molar-refractivity contribution in [2.75, 3.05) is 6.54 Å². The van der Waals surface area contributed by atoms with Gasteiger partial charge in [-0.3, -0.25) is 9.78 Å². The highest BCUT2D eigenvalue weighted by Crippen LogP contribution is 2.48. The molecule has 8 heteroatoms. The number of pyridine rings is 1. The molecule has 0 N–H and O–H groups in total. The second kappa shape index (κ2) is 4.94. The molecule has 21 heavy (non-hydrogen) atoms. The Morgan fingerprint density at radius 2 is 2.05 bits per heavy atom. The number of nitrogens with zero attached hydrogens (tertiary/aromatic N) is 2. The van der Waals surface area contributed by atoms with Gasteiger partial charge in [0.25, 0.3) is 5.91 Å². The van der Waals surface area contributed by atoms with E-state index in [4.69, 9.17) is 0 Å². The molecule has 0 atom stereocenters. The summed E-state index contributed by atoms with van der Waals surface area (Å²) in [7, 11) is -5.12. The molecule has 2 heterocycles. The highest BCUT2D eigenvalue weighted by molar-refractivity contribution is 7.81.